The third-order valence-corrected chi connectivity index (χ3v) is 9.02. The Hall–Kier alpha value is -7.44. The molecular weight excluding hydrogens is 1160 g/mol. The van der Waals surface area contributed by atoms with Crippen LogP contribution in [0.1, 0.15) is 131 Å². The number of hydrogen-bond donors (Lipinski definition) is 7. The second-order valence-electron chi connectivity index (χ2n) is 21.7. The summed E-state index contributed by atoms with van der Waals surface area (Å²) >= 11 is 0. The third kappa shape index (κ3) is 43.2. The van der Waals surface area contributed by atoms with Crippen LogP contribution in [0.5, 0.6) is 0 Å². The number of halogens is 9. The van der Waals surface area contributed by atoms with E-state index in [-0.39, 0.29) is 41.8 Å². The van der Waals surface area contributed by atoms with E-state index in [1.807, 2.05) is 27.8 Å². The Morgan fingerprint density at radius 2 is 0.721 bits per heavy atom. The lowest BCUT2D eigenvalue weighted by molar-refractivity contribution is -0.138. The molecule has 3 aromatic carbocycles. The zero-order chi connectivity index (χ0) is 67.7. The molecule has 0 spiro atoms. The zero-order valence-electron chi connectivity index (χ0n) is 51.4. The number of amides is 4. The van der Waals surface area contributed by atoms with Crippen molar-refractivity contribution in [2.45, 2.75) is 124 Å². The predicted molar refractivity (Wildman–Crippen MR) is 303 cm³/mol. The largest absolute Gasteiger partial charge is 0.519 e. The summed E-state index contributed by atoms with van der Waals surface area (Å²) in [5, 5.41) is 19.2. The first-order chi connectivity index (χ1) is 39.0. The number of nitrogens with one attached hydrogen (secondary N) is 4. The predicted octanol–water partition coefficient (Wildman–Crippen LogP) is 10.2. The maximum Gasteiger partial charge on any atom is 0.519 e. The number of nitrogens with two attached hydrogens (primary N) is 2. The van der Waals surface area contributed by atoms with Gasteiger partial charge in [-0.2, -0.15) is 39.5 Å². The maximum atomic E-state index is 12.5. The first-order valence-electron chi connectivity index (χ1n) is 26.1. The van der Waals surface area contributed by atoms with Gasteiger partial charge >= 0.3 is 49.0 Å². The zero-order valence-corrected chi connectivity index (χ0v) is 51.4. The highest BCUT2D eigenvalue weighted by Crippen LogP contribution is 2.31. The van der Waals surface area contributed by atoms with Crippen molar-refractivity contribution in [1.29, 1.82) is 0 Å². The summed E-state index contributed by atoms with van der Waals surface area (Å²) in [6.45, 7) is 24.8. The summed E-state index contributed by atoms with van der Waals surface area (Å²) in [5.74, 6) is -2.14. The molecule has 3 rings (SSSR count). The van der Waals surface area contributed by atoms with Crippen LogP contribution in [-0.2, 0) is 42.2 Å². The monoisotopic (exact) mass is 1250 g/mol. The molecule has 0 fully saturated rings. The minimum absolute atomic E-state index is 0.114. The van der Waals surface area contributed by atoms with E-state index in [4.69, 9.17) is 35.5 Å². The van der Waals surface area contributed by atoms with Gasteiger partial charge in [-0.3, -0.25) is 9.59 Å². The fourth-order valence-corrected chi connectivity index (χ4v) is 5.08. The topological polar surface area (TPSA) is 293 Å². The molecule has 0 radical (unpaired) electrons. The van der Waals surface area contributed by atoms with E-state index >= 15 is 0 Å². The van der Waals surface area contributed by atoms with Crippen LogP contribution >= 0.6 is 0 Å². The van der Waals surface area contributed by atoms with Crippen molar-refractivity contribution < 1.29 is 102 Å². The molecular formula is C56H85F9N8O13. The van der Waals surface area contributed by atoms with Crippen LogP contribution in [0.15, 0.2) is 72.8 Å². The van der Waals surface area contributed by atoms with E-state index in [2.05, 4.69) is 26.0 Å². The Balaban J connectivity index is -0.00000100. The van der Waals surface area contributed by atoms with E-state index in [0.29, 0.717) is 26.2 Å². The van der Waals surface area contributed by atoms with Crippen LogP contribution in [0.4, 0.5) is 58.7 Å². The van der Waals surface area contributed by atoms with Crippen LogP contribution in [0.25, 0.3) is 0 Å². The second kappa shape index (κ2) is 38.6. The summed E-state index contributed by atoms with van der Waals surface area (Å²) in [6, 6.07) is 11.4. The van der Waals surface area contributed by atoms with E-state index in [9.17, 15) is 73.1 Å². The van der Waals surface area contributed by atoms with Crippen molar-refractivity contribution in [3.8, 4) is 0 Å². The summed E-state index contributed by atoms with van der Waals surface area (Å²) < 4.78 is 134. The smallest absolute Gasteiger partial charge is 0.478 e. The van der Waals surface area contributed by atoms with Crippen molar-refractivity contribution >= 4 is 42.3 Å². The third-order valence-electron chi connectivity index (χ3n) is 9.02. The summed E-state index contributed by atoms with van der Waals surface area (Å²) in [4.78, 5) is 81.3. The molecule has 0 heterocycles. The van der Waals surface area contributed by atoms with Crippen LogP contribution in [0.2, 0.25) is 0 Å². The number of rotatable bonds is 13. The minimum atomic E-state index is -4.44. The van der Waals surface area contributed by atoms with Gasteiger partial charge in [0.15, 0.2) is 0 Å². The van der Waals surface area contributed by atoms with Crippen LogP contribution in [0.3, 0.4) is 0 Å². The molecule has 0 bridgehead atoms. The lowest BCUT2D eigenvalue weighted by atomic mass is 10.1. The highest BCUT2D eigenvalue weighted by Gasteiger charge is 2.32. The van der Waals surface area contributed by atoms with Crippen LogP contribution in [0, 0.1) is 0 Å². The number of carboxylic acids is 1. The highest BCUT2D eigenvalue weighted by molar-refractivity contribution is 5.94. The van der Waals surface area contributed by atoms with E-state index < -0.39 is 87.9 Å². The number of carbonyl (C=O) groups is 7. The van der Waals surface area contributed by atoms with Crippen molar-refractivity contribution in [3.63, 3.8) is 0 Å². The van der Waals surface area contributed by atoms with Crippen molar-refractivity contribution in [2.24, 2.45) is 11.5 Å². The molecule has 86 heavy (non-hydrogen) atoms. The number of ether oxygens (including phenoxy) is 5. The van der Waals surface area contributed by atoms with Crippen molar-refractivity contribution in [2.75, 3.05) is 80.5 Å². The second-order valence-corrected chi connectivity index (χ2v) is 21.7. The van der Waals surface area contributed by atoms with Gasteiger partial charge in [0.25, 0.3) is 11.8 Å². The average Bonchev–Trinajstić information content (AvgIpc) is 3.52. The molecule has 0 saturated carbocycles. The van der Waals surface area contributed by atoms with Crippen LogP contribution in [-0.4, -0.2) is 160 Å². The number of carbonyl (C=O) groups excluding carboxylic acids is 6. The quantitative estimate of drug-likeness (QED) is 0.0275. The molecule has 0 aromatic heterocycles. The number of hydrogen-bond acceptors (Lipinski definition) is 16. The maximum absolute atomic E-state index is 12.5. The number of benzene rings is 3. The number of aromatic carboxylic acids is 1. The molecule has 0 aliphatic carbocycles. The summed E-state index contributed by atoms with van der Waals surface area (Å²) in [7, 11) is 6.82. The van der Waals surface area contributed by atoms with E-state index in [0.717, 1.165) is 85.9 Å². The fraction of sp³-hybridized carbons (Fsp3) is 0.554. The van der Waals surface area contributed by atoms with Gasteiger partial charge in [-0.05, 0) is 170 Å². The molecule has 21 nitrogen and oxygen atoms in total. The summed E-state index contributed by atoms with van der Waals surface area (Å²) in [6.07, 6.45) is -16.2. The van der Waals surface area contributed by atoms with Gasteiger partial charge in [-0.15, -0.1) is 0 Å². The first kappa shape index (κ1) is 82.8. The molecule has 0 atom stereocenters. The molecule has 9 N–H and O–H groups in total. The Kier molecular flexibility index (Phi) is 37.1. The van der Waals surface area contributed by atoms with Gasteiger partial charge in [-0.25, -0.2) is 24.0 Å². The number of alkyl halides is 9. The average molecular weight is 1250 g/mol. The lowest BCUT2D eigenvalue weighted by Gasteiger charge is -2.24. The van der Waals surface area contributed by atoms with Crippen molar-refractivity contribution in [3.05, 3.63) is 106 Å². The molecule has 0 unspecified atom stereocenters. The summed E-state index contributed by atoms with van der Waals surface area (Å²) in [5.41, 5.74) is 5.67. The molecule has 4 amide bonds. The van der Waals surface area contributed by atoms with Gasteiger partial charge in [0.2, 0.25) is 0 Å². The van der Waals surface area contributed by atoms with Gasteiger partial charge in [-0.1, -0.05) is 0 Å². The SMILES string of the molecule is CC(C)(C)OC(=O)OC(=O)OC(C)(C)C.CN(CCN)C(=O)OC(C)(C)C.CN(CCNC(=O)c1ccc(C(F)(F)F)cc1)C(=O)OC(C)(C)C.CNCCN.CNCCNC(=O)c1ccc(C(F)(F)F)cc1.O=C(O)c1ccc(C(F)(F)F)cc1. The Morgan fingerprint density at radius 1 is 0.430 bits per heavy atom. The van der Waals surface area contributed by atoms with E-state index in [1.165, 1.54) is 16.8 Å². The first-order valence-corrected chi connectivity index (χ1v) is 26.1. The molecule has 0 saturated heterocycles. The number of likely N-dealkylation sites (N-methyl/N-ethyl adjacent to an activating group) is 4. The van der Waals surface area contributed by atoms with E-state index in [1.54, 1.807) is 76.4 Å². The molecule has 490 valence electrons. The number of nitrogens with zero attached hydrogens (tertiary/aromatic N) is 2. The van der Waals surface area contributed by atoms with Crippen molar-refractivity contribution in [1.82, 2.24) is 31.1 Å². The molecule has 0 aliphatic rings. The standard InChI is InChI=1S/C16H21F3N2O3.C11H13F3N2O.C10H18O5.C8H5F3O2.C8H18N2O2.C3H10N2/c1-15(2,3)24-14(23)21(4)10-9-20-13(22)11-5-7-12(8-6-11)16(17,18)19;1-15-6-7-16-10(17)8-2-4-9(5-3-8)11(12,13)14;1-9(2,3)14-7(11)13-8(12)15-10(4,5)6;9-8(10,11)6-3-1-5(2-4-6)7(12)13;1-8(2,3)12-7(11)10(4)6-5-9;1-5-3-2-4/h5-8H,9-10H2,1-4H3,(H,20,22);2-5,15H,6-7H2,1H3,(H,16,17);1-6H3;1-4H,(H,12,13);5-6,9H2,1-4H3;5H,2-4H2,1H3. The Morgan fingerprint density at radius 3 is 0.965 bits per heavy atom. The van der Waals surface area contributed by atoms with Gasteiger partial charge in [0.1, 0.15) is 22.4 Å². The molecule has 0 aliphatic heterocycles. The number of carboxylic acid groups (broad SMARTS) is 1. The minimum Gasteiger partial charge on any atom is -0.478 e. The van der Waals surface area contributed by atoms with Gasteiger partial charge in [0, 0.05) is 77.6 Å². The Bertz CT molecular complexity index is 2460. The van der Waals surface area contributed by atoms with Gasteiger partial charge in [0.05, 0.1) is 22.3 Å². The normalized spacial score (nSPS) is 11.3. The van der Waals surface area contributed by atoms with Gasteiger partial charge < -0.3 is 71.3 Å². The Labute approximate surface area is 496 Å². The molecule has 3 aromatic rings. The highest BCUT2D eigenvalue weighted by atomic mass is 19.4. The lowest BCUT2D eigenvalue weighted by Crippen LogP contribution is -2.39. The fourth-order valence-electron chi connectivity index (χ4n) is 5.08. The van der Waals surface area contributed by atoms with Crippen LogP contribution < -0.4 is 32.7 Å². The molecule has 30 heteroatoms.